The summed E-state index contributed by atoms with van der Waals surface area (Å²) in [7, 11) is 2.35. The number of carbonyl (C=O) groups excluding carboxylic acids is 4. The number of amides is 1. The van der Waals surface area contributed by atoms with Crippen molar-refractivity contribution < 1.29 is 33.4 Å². The minimum absolute atomic E-state index is 0.0457. The Morgan fingerprint density at radius 2 is 1.50 bits per heavy atom. The largest absolute Gasteiger partial charge is 0.466 e. The van der Waals surface area contributed by atoms with Gasteiger partial charge >= 0.3 is 17.9 Å². The van der Waals surface area contributed by atoms with Gasteiger partial charge in [0, 0.05) is 17.4 Å². The third kappa shape index (κ3) is 5.20. The molecular weight excluding hydrogens is 392 g/mol. The topological polar surface area (TPSA) is 120 Å². The maximum absolute atomic E-state index is 12.9. The molecule has 30 heavy (non-hydrogen) atoms. The number of esters is 3. The molecule has 0 spiro atoms. The van der Waals surface area contributed by atoms with Crippen LogP contribution in [-0.2, 0) is 33.4 Å². The van der Waals surface area contributed by atoms with Gasteiger partial charge < -0.3 is 24.8 Å². The van der Waals surface area contributed by atoms with Crippen molar-refractivity contribution in [1.29, 1.82) is 0 Å². The number of dihydropyridines is 1. The third-order valence-electron chi connectivity index (χ3n) is 5.61. The molecule has 2 aliphatic rings. The predicted octanol–water partition coefficient (Wildman–Crippen LogP) is 1.34. The van der Waals surface area contributed by atoms with Crippen LogP contribution in [-0.4, -0.2) is 50.7 Å². The number of rotatable bonds is 6. The Labute approximate surface area is 176 Å². The molecule has 1 saturated carbocycles. The van der Waals surface area contributed by atoms with Gasteiger partial charge in [0.2, 0.25) is 0 Å². The molecule has 0 aromatic heterocycles. The van der Waals surface area contributed by atoms with Crippen LogP contribution in [0.1, 0.15) is 46.5 Å². The van der Waals surface area contributed by atoms with Crippen LogP contribution in [0.25, 0.3) is 0 Å². The zero-order valence-corrected chi connectivity index (χ0v) is 18.1. The molecule has 9 nitrogen and oxygen atoms in total. The fourth-order valence-corrected chi connectivity index (χ4v) is 3.99. The minimum Gasteiger partial charge on any atom is -0.466 e. The zero-order valence-electron chi connectivity index (χ0n) is 18.1. The van der Waals surface area contributed by atoms with E-state index in [1.807, 2.05) is 0 Å². The Bertz CT molecular complexity index is 746. The number of carbonyl (C=O) groups is 4. The second-order valence-electron chi connectivity index (χ2n) is 7.66. The Hall–Kier alpha value is -2.84. The Morgan fingerprint density at radius 3 is 2.00 bits per heavy atom. The first-order valence-electron chi connectivity index (χ1n) is 10.0. The van der Waals surface area contributed by atoms with Gasteiger partial charge in [-0.3, -0.25) is 9.59 Å². The van der Waals surface area contributed by atoms with E-state index < -0.39 is 36.3 Å². The summed E-state index contributed by atoms with van der Waals surface area (Å²) in [6, 6.07) is 0.0457. The van der Waals surface area contributed by atoms with Crippen molar-refractivity contribution in [3.63, 3.8) is 0 Å². The van der Waals surface area contributed by atoms with E-state index >= 15 is 0 Å². The van der Waals surface area contributed by atoms with Crippen molar-refractivity contribution in [2.45, 2.75) is 52.5 Å². The highest BCUT2D eigenvalue weighted by molar-refractivity contribution is 6.05. The van der Waals surface area contributed by atoms with Crippen LogP contribution in [0, 0.1) is 11.8 Å². The summed E-state index contributed by atoms with van der Waals surface area (Å²) in [5.74, 6) is -3.88. The number of hydrogen-bond donors (Lipinski definition) is 2. The lowest BCUT2D eigenvalue weighted by molar-refractivity contribution is -0.153. The summed E-state index contributed by atoms with van der Waals surface area (Å²) in [6.45, 7) is 4.74. The summed E-state index contributed by atoms with van der Waals surface area (Å²) in [5.41, 5.74) is 0.591. The van der Waals surface area contributed by atoms with Gasteiger partial charge in [0.1, 0.15) is 5.92 Å². The molecule has 0 unspecified atom stereocenters. The van der Waals surface area contributed by atoms with E-state index in [0.29, 0.717) is 17.3 Å². The van der Waals surface area contributed by atoms with E-state index in [1.165, 1.54) is 14.2 Å². The molecule has 1 aliphatic heterocycles. The Balaban J connectivity index is 2.17. The maximum Gasteiger partial charge on any atom is 0.336 e. The summed E-state index contributed by atoms with van der Waals surface area (Å²) in [4.78, 5) is 49.8. The van der Waals surface area contributed by atoms with Gasteiger partial charge in [-0.15, -0.1) is 0 Å². The van der Waals surface area contributed by atoms with Crippen LogP contribution in [0.15, 0.2) is 22.5 Å². The normalized spacial score (nSPS) is 22.2. The van der Waals surface area contributed by atoms with Gasteiger partial charge in [0.05, 0.1) is 25.4 Å². The quantitative estimate of drug-likeness (QED) is 0.486. The second-order valence-corrected chi connectivity index (χ2v) is 7.66. The van der Waals surface area contributed by atoms with E-state index in [4.69, 9.17) is 14.2 Å². The van der Waals surface area contributed by atoms with Crippen LogP contribution in [0.2, 0.25) is 0 Å². The van der Waals surface area contributed by atoms with E-state index in [1.54, 1.807) is 13.8 Å². The molecule has 166 valence electrons. The average molecular weight is 422 g/mol. The number of ether oxygens (including phenoxy) is 3. The van der Waals surface area contributed by atoms with Crippen LogP contribution in [0.5, 0.6) is 0 Å². The first-order valence-corrected chi connectivity index (χ1v) is 10.0. The smallest absolute Gasteiger partial charge is 0.336 e. The fraction of sp³-hybridized carbons (Fsp3) is 0.619. The van der Waals surface area contributed by atoms with Gasteiger partial charge in [-0.25, -0.2) is 9.59 Å². The summed E-state index contributed by atoms with van der Waals surface area (Å²) in [5, 5.41) is 5.79. The van der Waals surface area contributed by atoms with Crippen LogP contribution in [0.4, 0.5) is 0 Å². The van der Waals surface area contributed by atoms with Crippen LogP contribution in [0.3, 0.4) is 0 Å². The highest BCUT2D eigenvalue weighted by atomic mass is 16.5. The summed E-state index contributed by atoms with van der Waals surface area (Å²) >= 11 is 0. The zero-order chi connectivity index (χ0) is 22.4. The van der Waals surface area contributed by atoms with E-state index in [9.17, 15) is 19.2 Å². The van der Waals surface area contributed by atoms with Gasteiger partial charge in [-0.05, 0) is 32.6 Å². The second kappa shape index (κ2) is 10.3. The van der Waals surface area contributed by atoms with Crippen molar-refractivity contribution in [3.05, 3.63) is 22.5 Å². The van der Waals surface area contributed by atoms with Crippen molar-refractivity contribution in [2.75, 3.05) is 20.8 Å². The molecule has 2 rings (SSSR count). The molecule has 0 saturated heterocycles. The van der Waals surface area contributed by atoms with Gasteiger partial charge in [0.15, 0.2) is 6.61 Å². The highest BCUT2D eigenvalue weighted by Crippen LogP contribution is 2.32. The van der Waals surface area contributed by atoms with Gasteiger partial charge in [-0.1, -0.05) is 19.8 Å². The molecule has 1 heterocycles. The number of hydrogen-bond acceptors (Lipinski definition) is 8. The van der Waals surface area contributed by atoms with E-state index in [-0.39, 0.29) is 17.2 Å². The molecule has 0 radical (unpaired) electrons. The third-order valence-corrected chi connectivity index (χ3v) is 5.61. The molecule has 1 aliphatic carbocycles. The molecule has 0 aromatic carbocycles. The average Bonchev–Trinajstić information content (AvgIpc) is 2.72. The van der Waals surface area contributed by atoms with Crippen LogP contribution < -0.4 is 10.6 Å². The monoisotopic (exact) mass is 422 g/mol. The molecule has 9 heteroatoms. The SMILES string of the molecule is COC(=O)C1=C(C)NC(C)=C(C(=O)OC)C1C(=O)OCC(=O)N[C@H]1CCCC[C@H]1C. The van der Waals surface area contributed by atoms with E-state index in [0.717, 1.165) is 25.7 Å². The van der Waals surface area contributed by atoms with Crippen molar-refractivity contribution in [3.8, 4) is 0 Å². The molecule has 1 amide bonds. The number of nitrogens with one attached hydrogen (secondary N) is 2. The standard InChI is InChI=1S/C21H30N2O7/c1-11-8-6-7-9-14(11)23-15(24)10-30-21(27)18-16(19(25)28-4)12(2)22-13(3)17(18)20(26)29-5/h11,14,18,22H,6-10H2,1-5H3,(H,23,24)/t11-,14+/m1/s1. The first-order chi connectivity index (χ1) is 14.2. The van der Waals surface area contributed by atoms with Gasteiger partial charge in [-0.2, -0.15) is 0 Å². The molecule has 2 N–H and O–H groups in total. The lowest BCUT2D eigenvalue weighted by Gasteiger charge is -2.30. The highest BCUT2D eigenvalue weighted by Gasteiger charge is 2.42. The van der Waals surface area contributed by atoms with E-state index in [2.05, 4.69) is 17.6 Å². The number of allylic oxidation sites excluding steroid dienone is 2. The van der Waals surface area contributed by atoms with Crippen molar-refractivity contribution >= 4 is 23.8 Å². The lowest BCUT2D eigenvalue weighted by Crippen LogP contribution is -2.43. The molecule has 2 atom stereocenters. The molecule has 1 fully saturated rings. The Morgan fingerprint density at radius 1 is 0.967 bits per heavy atom. The van der Waals surface area contributed by atoms with Gasteiger partial charge in [0.25, 0.3) is 5.91 Å². The maximum atomic E-state index is 12.9. The number of methoxy groups -OCH3 is 2. The van der Waals surface area contributed by atoms with Crippen LogP contribution >= 0.6 is 0 Å². The Kier molecular flexibility index (Phi) is 8.02. The van der Waals surface area contributed by atoms with Crippen molar-refractivity contribution in [1.82, 2.24) is 10.6 Å². The summed E-state index contributed by atoms with van der Waals surface area (Å²) in [6.07, 6.45) is 4.11. The predicted molar refractivity (Wildman–Crippen MR) is 107 cm³/mol. The fourth-order valence-electron chi connectivity index (χ4n) is 3.99. The molecular formula is C21H30N2O7. The minimum atomic E-state index is -1.35. The van der Waals surface area contributed by atoms with Crippen molar-refractivity contribution in [2.24, 2.45) is 11.8 Å². The summed E-state index contributed by atoms with van der Waals surface area (Å²) < 4.78 is 14.8. The first kappa shape index (κ1) is 23.4. The molecule has 0 bridgehead atoms. The molecule has 0 aromatic rings. The lowest BCUT2D eigenvalue weighted by atomic mass is 9.85.